The molecule has 0 saturated carbocycles. The molecule has 0 fully saturated rings. The van der Waals surface area contributed by atoms with Crippen LogP contribution in [0.1, 0.15) is 44.9 Å². The number of hydrogen-bond donors (Lipinski definition) is 2. The monoisotopic (exact) mass is 248 g/mol. The minimum Gasteiger partial charge on any atom is -0.550 e. The first-order valence-corrected chi connectivity index (χ1v) is 6.02. The lowest BCUT2D eigenvalue weighted by atomic mass is 10.2. The summed E-state index contributed by atoms with van der Waals surface area (Å²) in [5.74, 6) is -2.45. The molecule has 6 heteroatoms. The van der Waals surface area contributed by atoms with Crippen LogP contribution in [0.2, 0.25) is 0 Å². The van der Waals surface area contributed by atoms with E-state index in [4.69, 9.17) is 0 Å². The minimum atomic E-state index is -1.23. The molecule has 17 heavy (non-hydrogen) atoms. The normalized spacial score (nSPS) is 9.29. The van der Waals surface area contributed by atoms with Gasteiger partial charge in [0.05, 0.1) is 13.1 Å². The second-order valence-electron chi connectivity index (χ2n) is 3.72. The van der Waals surface area contributed by atoms with E-state index in [2.05, 4.69) is 11.5 Å². The van der Waals surface area contributed by atoms with Gasteiger partial charge >= 0.3 is 0 Å². The number of hydrogen-bond acceptors (Lipinski definition) is 4. The Morgan fingerprint density at radius 1 is 0.706 bits per heavy atom. The van der Waals surface area contributed by atoms with Crippen LogP contribution in [0.15, 0.2) is 0 Å². The molecule has 0 heterocycles. The molecule has 0 atom stereocenters. The number of unbranched alkanes of at least 4 members (excludes halogenated alkanes) is 3. The van der Waals surface area contributed by atoms with Crippen molar-refractivity contribution in [1.82, 2.24) is 0 Å². The van der Waals surface area contributed by atoms with E-state index in [-0.39, 0.29) is 19.3 Å². The average Bonchev–Trinajstić information content (AvgIpc) is 2.24. The van der Waals surface area contributed by atoms with E-state index in [9.17, 15) is 19.8 Å². The van der Waals surface area contributed by atoms with Gasteiger partial charge in [-0.1, -0.05) is 0 Å². The number of carboxylic acids is 2. The van der Waals surface area contributed by atoms with Gasteiger partial charge in [0.2, 0.25) is 0 Å². The molecule has 0 aromatic heterocycles. The zero-order valence-corrected chi connectivity index (χ0v) is 10.4. The van der Waals surface area contributed by atoms with Gasteiger partial charge < -0.3 is 31.3 Å². The lowest BCUT2D eigenvalue weighted by Crippen LogP contribution is -2.50. The van der Waals surface area contributed by atoms with Crippen molar-refractivity contribution in [1.29, 1.82) is 0 Å². The third-order valence-electron chi connectivity index (χ3n) is 2.01. The van der Waals surface area contributed by atoms with Crippen LogP contribution in [0.3, 0.4) is 0 Å². The summed E-state index contributed by atoms with van der Waals surface area (Å²) >= 11 is 0. The molecule has 0 rings (SSSR count). The number of carbonyl (C=O) groups excluding carboxylic acids is 2. The molecule has 0 spiro atoms. The summed E-state index contributed by atoms with van der Waals surface area (Å²) in [6, 6.07) is 0. The summed E-state index contributed by atoms with van der Waals surface area (Å²) in [6.07, 6.45) is 4.94. The molecule has 102 valence electrons. The summed E-state index contributed by atoms with van der Waals surface area (Å²) in [5, 5.41) is 19.3. The lowest BCUT2D eigenvalue weighted by Gasteiger charge is -2.01. The molecule has 0 aliphatic heterocycles. The molecule has 0 radical (unpaired) electrons. The quantitative estimate of drug-likeness (QED) is 0.413. The first kappa shape index (κ1) is 18.2. The van der Waals surface area contributed by atoms with E-state index in [1.54, 1.807) is 0 Å². The molecule has 0 amide bonds. The molecule has 6 nitrogen and oxygen atoms in total. The Labute approximate surface area is 102 Å². The highest BCUT2D eigenvalue weighted by Crippen LogP contribution is 1.94. The van der Waals surface area contributed by atoms with Crippen LogP contribution in [0.25, 0.3) is 0 Å². The number of quaternary nitrogens is 2. The molecule has 0 unspecified atom stereocenters. The van der Waals surface area contributed by atoms with Crippen molar-refractivity contribution in [2.45, 2.75) is 44.9 Å². The molecule has 0 bridgehead atoms. The van der Waals surface area contributed by atoms with Gasteiger partial charge in [-0.3, -0.25) is 0 Å². The number of aliphatic carboxylic acids is 2. The van der Waals surface area contributed by atoms with Gasteiger partial charge in [-0.2, -0.15) is 0 Å². The summed E-state index contributed by atoms with van der Waals surface area (Å²) in [6.45, 7) is 2.19. The van der Waals surface area contributed by atoms with Crippen LogP contribution in [-0.2, 0) is 9.59 Å². The van der Waals surface area contributed by atoms with Crippen LogP contribution >= 0.6 is 0 Å². The molecule has 0 aromatic carbocycles. The summed E-state index contributed by atoms with van der Waals surface area (Å²) in [4.78, 5) is 19.3. The van der Waals surface area contributed by atoms with Gasteiger partial charge in [0, 0.05) is 11.9 Å². The van der Waals surface area contributed by atoms with Gasteiger partial charge in [-0.05, 0) is 44.9 Å². The van der Waals surface area contributed by atoms with Gasteiger partial charge in [-0.25, -0.2) is 0 Å². The molecule has 0 saturated heterocycles. The van der Waals surface area contributed by atoms with Gasteiger partial charge in [0.1, 0.15) is 0 Å². The smallest absolute Gasteiger partial charge is 0.0739 e. The number of carboxylic acid groups (broad SMARTS) is 2. The second kappa shape index (κ2) is 14.9. The lowest BCUT2D eigenvalue weighted by molar-refractivity contribution is -0.371. The Bertz CT molecular complexity index is 178. The Morgan fingerprint density at radius 2 is 1.06 bits per heavy atom. The van der Waals surface area contributed by atoms with Crippen molar-refractivity contribution in [3.05, 3.63) is 0 Å². The van der Waals surface area contributed by atoms with Crippen LogP contribution < -0.4 is 21.7 Å². The van der Waals surface area contributed by atoms with Gasteiger partial charge in [0.25, 0.3) is 0 Å². The number of rotatable bonds is 9. The molecule has 6 N–H and O–H groups in total. The number of carbonyl (C=O) groups is 2. The van der Waals surface area contributed by atoms with Crippen molar-refractivity contribution < 1.29 is 31.3 Å². The van der Waals surface area contributed by atoms with Crippen molar-refractivity contribution in [2.75, 3.05) is 13.1 Å². The Hall–Kier alpha value is -1.14. The third-order valence-corrected chi connectivity index (χ3v) is 2.01. The van der Waals surface area contributed by atoms with Crippen LogP contribution in [0.4, 0.5) is 0 Å². The van der Waals surface area contributed by atoms with Crippen LogP contribution in [-0.4, -0.2) is 25.0 Å². The molecule has 0 aliphatic carbocycles. The minimum absolute atomic E-state index is 0.0880. The Kier molecular flexibility index (Phi) is 15.9. The molecular weight excluding hydrogens is 224 g/mol. The Morgan fingerprint density at radius 3 is 1.29 bits per heavy atom. The molecule has 0 aliphatic rings. The van der Waals surface area contributed by atoms with E-state index in [0.29, 0.717) is 0 Å². The van der Waals surface area contributed by atoms with E-state index >= 15 is 0 Å². The molecular formula is C11H24N2O4. The Balaban J connectivity index is 0. The summed E-state index contributed by atoms with van der Waals surface area (Å²) < 4.78 is 0. The first-order valence-electron chi connectivity index (χ1n) is 6.02. The second-order valence-corrected chi connectivity index (χ2v) is 3.72. The SMILES string of the molecule is O=C([O-])CCCC(=O)[O-].[NH3+]CCCCCC[NH3+]. The highest BCUT2D eigenvalue weighted by atomic mass is 16.4. The zero-order valence-electron chi connectivity index (χ0n) is 10.4. The van der Waals surface area contributed by atoms with E-state index in [1.807, 2.05) is 0 Å². The maximum absolute atomic E-state index is 9.66. The van der Waals surface area contributed by atoms with E-state index < -0.39 is 11.9 Å². The highest BCUT2D eigenvalue weighted by molar-refractivity contribution is 5.67. The largest absolute Gasteiger partial charge is 0.550 e. The van der Waals surface area contributed by atoms with E-state index in [0.717, 1.165) is 13.1 Å². The van der Waals surface area contributed by atoms with E-state index in [1.165, 1.54) is 25.7 Å². The third kappa shape index (κ3) is 25.3. The maximum atomic E-state index is 9.66. The summed E-state index contributed by atoms with van der Waals surface area (Å²) in [5.41, 5.74) is 7.54. The predicted octanol–water partition coefficient (Wildman–Crippen LogP) is -3.31. The highest BCUT2D eigenvalue weighted by Gasteiger charge is 1.87. The zero-order chi connectivity index (χ0) is 13.5. The van der Waals surface area contributed by atoms with Gasteiger partial charge in [-0.15, -0.1) is 0 Å². The van der Waals surface area contributed by atoms with Crippen molar-refractivity contribution in [3.63, 3.8) is 0 Å². The maximum Gasteiger partial charge on any atom is 0.0739 e. The van der Waals surface area contributed by atoms with Crippen molar-refractivity contribution >= 4 is 11.9 Å². The average molecular weight is 248 g/mol. The van der Waals surface area contributed by atoms with Crippen LogP contribution in [0, 0.1) is 0 Å². The van der Waals surface area contributed by atoms with Crippen molar-refractivity contribution in [2.24, 2.45) is 0 Å². The standard InChI is InChI=1S/C6H16N2.C5H8O4/c7-5-3-1-2-4-6-8;6-4(7)2-1-3-5(8)9/h1-8H2;1-3H2,(H,6,7)(H,8,9). The first-order chi connectivity index (χ1) is 8.04. The van der Waals surface area contributed by atoms with Gasteiger partial charge in [0.15, 0.2) is 0 Å². The van der Waals surface area contributed by atoms with Crippen molar-refractivity contribution in [3.8, 4) is 0 Å². The fraction of sp³-hybridized carbons (Fsp3) is 0.818. The fourth-order valence-electron chi connectivity index (χ4n) is 1.08. The predicted molar refractivity (Wildman–Crippen MR) is 57.8 cm³/mol. The summed E-state index contributed by atoms with van der Waals surface area (Å²) in [7, 11) is 0. The molecule has 0 aromatic rings. The topological polar surface area (TPSA) is 136 Å². The fourth-order valence-corrected chi connectivity index (χ4v) is 1.08. The van der Waals surface area contributed by atoms with Crippen LogP contribution in [0.5, 0.6) is 0 Å².